The molecule has 0 bridgehead atoms. The average molecular weight is 566 g/mol. The second kappa shape index (κ2) is 11.7. The number of phenolic OH excluding ortho intramolecular Hbond substituents is 4. The molecular formula is C29H31N3O9. The summed E-state index contributed by atoms with van der Waals surface area (Å²) in [6, 6.07) is 13.6. The van der Waals surface area contributed by atoms with Crippen LogP contribution in [-0.4, -0.2) is 78.2 Å². The Morgan fingerprint density at radius 3 is 2.27 bits per heavy atom. The number of aliphatic hydroxyl groups is 1. The van der Waals surface area contributed by atoms with E-state index in [1.54, 1.807) is 30.3 Å². The van der Waals surface area contributed by atoms with E-state index in [1.807, 2.05) is 0 Å². The summed E-state index contributed by atoms with van der Waals surface area (Å²) in [5.41, 5.74) is 3.16. The Bertz CT molecular complexity index is 1460. The van der Waals surface area contributed by atoms with Crippen LogP contribution >= 0.6 is 0 Å². The fraction of sp³-hybridized carbons (Fsp3) is 0.276. The van der Waals surface area contributed by atoms with Crippen molar-refractivity contribution >= 4 is 17.8 Å². The number of aliphatic carboxylic acids is 1. The highest BCUT2D eigenvalue weighted by Gasteiger charge is 2.59. The zero-order valence-corrected chi connectivity index (χ0v) is 21.9. The maximum absolute atomic E-state index is 13.8. The molecule has 12 nitrogen and oxygen atoms in total. The first-order chi connectivity index (χ1) is 19.5. The number of carboxylic acids is 1. The van der Waals surface area contributed by atoms with Crippen LogP contribution in [0.4, 0.5) is 0 Å². The average Bonchev–Trinajstić information content (AvgIpc) is 2.95. The molecule has 0 fully saturated rings. The molecule has 0 saturated carbocycles. The Labute approximate surface area is 234 Å². The van der Waals surface area contributed by atoms with Crippen molar-refractivity contribution in [1.82, 2.24) is 10.2 Å². The molecule has 4 rings (SSSR count). The number of carbonyl (C=O) groups is 3. The smallest absolute Gasteiger partial charge is 0.358 e. The zero-order chi connectivity index (χ0) is 29.9. The number of nitrogens with two attached hydrogens (primary N) is 1. The van der Waals surface area contributed by atoms with Crippen LogP contribution in [0.15, 0.2) is 60.7 Å². The Balaban J connectivity index is 1.60. The van der Waals surface area contributed by atoms with Crippen molar-refractivity contribution in [2.24, 2.45) is 5.73 Å². The molecule has 0 aromatic heterocycles. The number of para-hydroxylation sites is 1. The summed E-state index contributed by atoms with van der Waals surface area (Å²) >= 11 is 0. The number of amides is 2. The zero-order valence-electron chi connectivity index (χ0n) is 21.9. The van der Waals surface area contributed by atoms with Crippen molar-refractivity contribution in [3.63, 3.8) is 0 Å². The Kier molecular flexibility index (Phi) is 8.36. The number of phenols is 4. The molecule has 9 N–H and O–H groups in total. The Morgan fingerprint density at radius 1 is 0.927 bits per heavy atom. The van der Waals surface area contributed by atoms with Gasteiger partial charge < -0.3 is 41.7 Å². The first-order valence-corrected chi connectivity index (χ1v) is 12.9. The van der Waals surface area contributed by atoms with Crippen molar-refractivity contribution in [3.8, 4) is 23.0 Å². The molecular weight excluding hydrogens is 534 g/mol. The van der Waals surface area contributed by atoms with Gasteiger partial charge >= 0.3 is 5.97 Å². The van der Waals surface area contributed by atoms with E-state index in [0.29, 0.717) is 18.4 Å². The van der Waals surface area contributed by atoms with Gasteiger partial charge in [0.15, 0.2) is 23.0 Å². The molecule has 1 aliphatic heterocycles. The Morgan fingerprint density at radius 2 is 1.61 bits per heavy atom. The highest BCUT2D eigenvalue weighted by atomic mass is 16.4. The van der Waals surface area contributed by atoms with Gasteiger partial charge in [-0.15, -0.1) is 0 Å². The molecule has 0 saturated heterocycles. The molecule has 12 heteroatoms. The summed E-state index contributed by atoms with van der Waals surface area (Å²) in [5.74, 6) is -6.95. The fourth-order valence-electron chi connectivity index (χ4n) is 5.29. The third-order valence-electron chi connectivity index (χ3n) is 7.30. The molecule has 3 aromatic carbocycles. The van der Waals surface area contributed by atoms with Gasteiger partial charge in [-0.2, -0.15) is 0 Å². The summed E-state index contributed by atoms with van der Waals surface area (Å²) < 4.78 is 0. The van der Waals surface area contributed by atoms with Crippen molar-refractivity contribution in [2.45, 2.75) is 36.9 Å². The van der Waals surface area contributed by atoms with Gasteiger partial charge in [-0.25, -0.2) is 4.79 Å². The molecule has 3 atom stereocenters. The van der Waals surface area contributed by atoms with Crippen LogP contribution in [0.3, 0.4) is 0 Å². The first-order valence-electron chi connectivity index (χ1n) is 12.9. The third kappa shape index (κ3) is 5.22. The minimum atomic E-state index is -2.79. The molecule has 0 radical (unpaired) electrons. The van der Waals surface area contributed by atoms with Crippen LogP contribution in [-0.2, 0) is 4.79 Å². The van der Waals surface area contributed by atoms with E-state index in [2.05, 4.69) is 5.32 Å². The quantitative estimate of drug-likeness (QED) is 0.132. The predicted octanol–water partition coefficient (Wildman–Crippen LogP) is 1.80. The largest absolute Gasteiger partial charge is 0.504 e. The van der Waals surface area contributed by atoms with Crippen LogP contribution in [0.2, 0.25) is 0 Å². The number of rotatable bonds is 10. The molecule has 0 spiro atoms. The van der Waals surface area contributed by atoms with Crippen molar-refractivity contribution < 1.29 is 45.0 Å². The summed E-state index contributed by atoms with van der Waals surface area (Å²) in [6.45, 7) is -0.0895. The lowest BCUT2D eigenvalue weighted by molar-refractivity contribution is -0.186. The fourth-order valence-corrected chi connectivity index (χ4v) is 5.29. The number of carboxylic acid groups (broad SMARTS) is 1. The lowest BCUT2D eigenvalue weighted by Crippen LogP contribution is -2.67. The van der Waals surface area contributed by atoms with Crippen LogP contribution in [0.1, 0.15) is 57.0 Å². The van der Waals surface area contributed by atoms with Crippen LogP contribution in [0, 0.1) is 0 Å². The van der Waals surface area contributed by atoms with E-state index in [9.17, 15) is 45.0 Å². The SMILES string of the molecule is NC[C@H](CCCCNC(=O)c1cccc(O)c1O)N1C(=O)c2c(ccc(O)c2O)[C@@H](c2ccccc2)[C@]1(O)C(=O)O. The predicted molar refractivity (Wildman–Crippen MR) is 146 cm³/mol. The summed E-state index contributed by atoms with van der Waals surface area (Å²) in [6.07, 6.45) is 0.824. The van der Waals surface area contributed by atoms with Gasteiger partial charge in [0.2, 0.25) is 0 Å². The van der Waals surface area contributed by atoms with Gasteiger partial charge in [0.05, 0.1) is 17.0 Å². The number of nitrogens with zero attached hydrogens (tertiary/aromatic N) is 1. The maximum Gasteiger partial charge on any atom is 0.358 e. The van der Waals surface area contributed by atoms with Gasteiger partial charge in [0.1, 0.15) is 0 Å². The second-order valence-electron chi connectivity index (χ2n) is 9.76. The number of aromatic hydroxyl groups is 4. The lowest BCUT2D eigenvalue weighted by atomic mass is 9.74. The molecule has 1 aliphatic rings. The van der Waals surface area contributed by atoms with E-state index < -0.39 is 58.5 Å². The van der Waals surface area contributed by atoms with Crippen molar-refractivity contribution in [1.29, 1.82) is 0 Å². The van der Waals surface area contributed by atoms with Gasteiger partial charge in [-0.1, -0.05) is 42.5 Å². The number of benzene rings is 3. The Hall–Kier alpha value is -4.81. The normalized spacial score (nSPS) is 18.9. The van der Waals surface area contributed by atoms with Crippen LogP contribution < -0.4 is 11.1 Å². The monoisotopic (exact) mass is 565 g/mol. The molecule has 216 valence electrons. The molecule has 0 unspecified atom stereocenters. The third-order valence-corrected chi connectivity index (χ3v) is 7.30. The highest BCUT2D eigenvalue weighted by molar-refractivity contribution is 6.04. The van der Waals surface area contributed by atoms with Gasteiger partial charge in [-0.3, -0.25) is 14.5 Å². The van der Waals surface area contributed by atoms with Gasteiger partial charge in [0, 0.05) is 19.1 Å². The number of nitrogens with one attached hydrogen (secondary N) is 1. The van der Waals surface area contributed by atoms with E-state index in [1.165, 1.54) is 24.3 Å². The topological polar surface area (TPSA) is 214 Å². The van der Waals surface area contributed by atoms with E-state index in [4.69, 9.17) is 5.73 Å². The number of unbranched alkanes of at least 4 members (excludes halogenated alkanes) is 1. The minimum absolute atomic E-state index is 0.0336. The molecule has 0 aliphatic carbocycles. The van der Waals surface area contributed by atoms with Crippen LogP contribution in [0.5, 0.6) is 23.0 Å². The molecule has 41 heavy (non-hydrogen) atoms. The first kappa shape index (κ1) is 29.2. The van der Waals surface area contributed by atoms with Crippen LogP contribution in [0.25, 0.3) is 0 Å². The van der Waals surface area contributed by atoms with Crippen molar-refractivity contribution in [3.05, 3.63) is 82.9 Å². The standard InChI is InChI=1S/C29H31N3O9/c30-15-17(9-4-5-14-31-26(37)19-10-6-11-20(33)24(19)35)32-27(38)22-18(12-13-21(34)25(22)36)23(29(32,41)28(39)40)16-7-2-1-3-8-16/h1-3,6-8,10-13,17,23,33-36,41H,4-5,9,14-15,30H2,(H,31,37)(H,39,40)/t17-,23+,29-/m0/s1. The number of hydrogen-bond donors (Lipinski definition) is 8. The number of fused-ring (bicyclic) bond motifs is 1. The van der Waals surface area contributed by atoms with Gasteiger partial charge in [-0.05, 0) is 48.6 Å². The minimum Gasteiger partial charge on any atom is -0.504 e. The van der Waals surface area contributed by atoms with E-state index in [0.717, 1.165) is 11.0 Å². The number of hydrogen-bond acceptors (Lipinski definition) is 9. The van der Waals surface area contributed by atoms with E-state index in [-0.39, 0.29) is 36.2 Å². The molecule has 3 aromatic rings. The summed E-state index contributed by atoms with van der Waals surface area (Å²) in [7, 11) is 0. The second-order valence-corrected chi connectivity index (χ2v) is 9.76. The summed E-state index contributed by atoms with van der Waals surface area (Å²) in [4.78, 5) is 39.6. The molecule has 2 amide bonds. The lowest BCUT2D eigenvalue weighted by Gasteiger charge is -2.49. The maximum atomic E-state index is 13.8. The van der Waals surface area contributed by atoms with Gasteiger partial charge in [0.25, 0.3) is 17.5 Å². The molecule has 1 heterocycles. The highest BCUT2D eigenvalue weighted by Crippen LogP contribution is 2.49. The van der Waals surface area contributed by atoms with Crippen molar-refractivity contribution in [2.75, 3.05) is 13.1 Å². The van der Waals surface area contributed by atoms with E-state index >= 15 is 0 Å². The summed E-state index contributed by atoms with van der Waals surface area (Å²) in [5, 5.41) is 65.1. The number of carbonyl (C=O) groups excluding carboxylic acids is 2.